The zero-order valence-corrected chi connectivity index (χ0v) is 10.7. The van der Waals surface area contributed by atoms with E-state index in [2.05, 4.69) is 26.2 Å². The molecule has 0 atom stereocenters. The molecule has 1 aromatic heterocycles. The summed E-state index contributed by atoms with van der Waals surface area (Å²) < 4.78 is 19.0. The molecule has 2 rings (SSSR count). The first-order valence-corrected chi connectivity index (χ1v) is 5.70. The fraction of sp³-hybridized carbons (Fsp3) is 0.0833. The molecular weight excluding hydrogens is 287 g/mol. The minimum absolute atomic E-state index is 0.201. The molecule has 0 bridgehead atoms. The SMILES string of the molecule is COc1cc(Nc2ccc(Br)cn2)ccc1F. The van der Waals surface area contributed by atoms with Gasteiger partial charge >= 0.3 is 0 Å². The molecule has 5 heteroatoms. The number of rotatable bonds is 3. The van der Waals surface area contributed by atoms with Gasteiger partial charge in [0, 0.05) is 22.4 Å². The molecule has 1 N–H and O–H groups in total. The second kappa shape index (κ2) is 5.14. The van der Waals surface area contributed by atoms with E-state index in [1.165, 1.54) is 13.2 Å². The Morgan fingerprint density at radius 3 is 2.76 bits per heavy atom. The smallest absolute Gasteiger partial charge is 0.165 e. The van der Waals surface area contributed by atoms with Crippen molar-refractivity contribution in [3.63, 3.8) is 0 Å². The van der Waals surface area contributed by atoms with Gasteiger partial charge in [-0.1, -0.05) is 0 Å². The van der Waals surface area contributed by atoms with E-state index in [-0.39, 0.29) is 11.6 Å². The van der Waals surface area contributed by atoms with Gasteiger partial charge in [0.15, 0.2) is 11.6 Å². The zero-order chi connectivity index (χ0) is 12.3. The third-order valence-electron chi connectivity index (χ3n) is 2.15. The maximum atomic E-state index is 13.2. The summed E-state index contributed by atoms with van der Waals surface area (Å²) in [5.74, 6) is 0.496. The minimum Gasteiger partial charge on any atom is -0.494 e. The van der Waals surface area contributed by atoms with Gasteiger partial charge in [-0.3, -0.25) is 0 Å². The Bertz CT molecular complexity index is 516. The van der Waals surface area contributed by atoms with E-state index >= 15 is 0 Å². The molecule has 0 amide bonds. The molecule has 17 heavy (non-hydrogen) atoms. The second-order valence-electron chi connectivity index (χ2n) is 3.34. The van der Waals surface area contributed by atoms with E-state index < -0.39 is 0 Å². The molecule has 0 aliphatic heterocycles. The summed E-state index contributed by atoms with van der Waals surface area (Å²) in [5.41, 5.74) is 0.720. The highest BCUT2D eigenvalue weighted by Crippen LogP contribution is 2.23. The van der Waals surface area contributed by atoms with E-state index in [0.717, 1.165) is 10.2 Å². The lowest BCUT2D eigenvalue weighted by atomic mass is 10.3. The average Bonchev–Trinajstić information content (AvgIpc) is 2.34. The van der Waals surface area contributed by atoms with Crippen molar-refractivity contribution in [1.82, 2.24) is 4.98 Å². The van der Waals surface area contributed by atoms with E-state index in [4.69, 9.17) is 4.74 Å². The third kappa shape index (κ3) is 2.94. The molecule has 0 spiro atoms. The van der Waals surface area contributed by atoms with Gasteiger partial charge in [0.25, 0.3) is 0 Å². The first-order chi connectivity index (χ1) is 8.19. The molecule has 0 saturated carbocycles. The van der Waals surface area contributed by atoms with Crippen molar-refractivity contribution in [3.05, 3.63) is 46.8 Å². The van der Waals surface area contributed by atoms with Crippen LogP contribution in [0.15, 0.2) is 41.0 Å². The molecule has 3 nitrogen and oxygen atoms in total. The molecule has 0 fully saturated rings. The number of pyridine rings is 1. The summed E-state index contributed by atoms with van der Waals surface area (Å²) in [5, 5.41) is 3.05. The Morgan fingerprint density at radius 2 is 2.12 bits per heavy atom. The predicted octanol–water partition coefficient (Wildman–Crippen LogP) is 3.74. The van der Waals surface area contributed by atoms with Gasteiger partial charge in [0.2, 0.25) is 0 Å². The quantitative estimate of drug-likeness (QED) is 0.937. The topological polar surface area (TPSA) is 34.1 Å². The van der Waals surface area contributed by atoms with Crippen LogP contribution in [0.5, 0.6) is 5.75 Å². The van der Waals surface area contributed by atoms with Gasteiger partial charge in [-0.05, 0) is 40.2 Å². The summed E-state index contributed by atoms with van der Waals surface area (Å²) in [7, 11) is 1.43. The number of methoxy groups -OCH3 is 1. The van der Waals surface area contributed by atoms with Crippen LogP contribution in [0.25, 0.3) is 0 Å². The van der Waals surface area contributed by atoms with Gasteiger partial charge in [-0.15, -0.1) is 0 Å². The number of nitrogens with zero attached hydrogens (tertiary/aromatic N) is 1. The van der Waals surface area contributed by atoms with Crippen LogP contribution in [0.4, 0.5) is 15.9 Å². The Hall–Kier alpha value is -1.62. The standard InChI is InChI=1S/C12H10BrFN2O/c1-17-11-6-9(3-4-10(11)14)16-12-5-2-8(13)7-15-12/h2-7H,1H3,(H,15,16). The van der Waals surface area contributed by atoms with Crippen molar-refractivity contribution < 1.29 is 9.13 Å². The lowest BCUT2D eigenvalue weighted by molar-refractivity contribution is 0.387. The molecule has 1 heterocycles. The Kier molecular flexibility index (Phi) is 3.58. The van der Waals surface area contributed by atoms with Crippen LogP contribution in [0.2, 0.25) is 0 Å². The lowest BCUT2D eigenvalue weighted by Crippen LogP contribution is -1.95. The number of hydrogen-bond acceptors (Lipinski definition) is 3. The summed E-state index contributed by atoms with van der Waals surface area (Å²) in [6.07, 6.45) is 1.68. The molecule has 2 aromatic rings. The fourth-order valence-electron chi connectivity index (χ4n) is 1.34. The zero-order valence-electron chi connectivity index (χ0n) is 9.08. The van der Waals surface area contributed by atoms with Crippen molar-refractivity contribution in [1.29, 1.82) is 0 Å². The highest BCUT2D eigenvalue weighted by molar-refractivity contribution is 9.10. The number of ether oxygens (including phenoxy) is 1. The molecule has 0 saturated heterocycles. The number of hydrogen-bond donors (Lipinski definition) is 1. The minimum atomic E-state index is -0.387. The summed E-state index contributed by atoms with van der Waals surface area (Å²) in [6, 6.07) is 8.25. The van der Waals surface area contributed by atoms with Crippen LogP contribution in [0.3, 0.4) is 0 Å². The van der Waals surface area contributed by atoms with Crippen LogP contribution in [-0.4, -0.2) is 12.1 Å². The fourth-order valence-corrected chi connectivity index (χ4v) is 1.57. The summed E-state index contributed by atoms with van der Waals surface area (Å²) in [6.45, 7) is 0. The van der Waals surface area contributed by atoms with Crippen molar-refractivity contribution in [2.45, 2.75) is 0 Å². The van der Waals surface area contributed by atoms with Crippen LogP contribution in [0, 0.1) is 5.82 Å². The Morgan fingerprint density at radius 1 is 1.29 bits per heavy atom. The van der Waals surface area contributed by atoms with E-state index in [0.29, 0.717) is 5.82 Å². The van der Waals surface area contributed by atoms with E-state index in [9.17, 15) is 4.39 Å². The van der Waals surface area contributed by atoms with Gasteiger partial charge in [-0.25, -0.2) is 9.37 Å². The maximum absolute atomic E-state index is 13.2. The normalized spacial score (nSPS) is 10.1. The molecule has 0 aliphatic carbocycles. The number of anilines is 2. The highest BCUT2D eigenvalue weighted by Gasteiger charge is 2.03. The molecular formula is C12H10BrFN2O. The van der Waals surface area contributed by atoms with Crippen LogP contribution in [-0.2, 0) is 0 Å². The number of aromatic nitrogens is 1. The number of benzene rings is 1. The van der Waals surface area contributed by atoms with Crippen molar-refractivity contribution in [3.8, 4) is 5.75 Å². The Balaban J connectivity index is 2.21. The number of nitrogens with one attached hydrogen (secondary N) is 1. The Labute approximate surface area is 107 Å². The average molecular weight is 297 g/mol. The first-order valence-electron chi connectivity index (χ1n) is 4.91. The molecule has 88 valence electrons. The van der Waals surface area contributed by atoms with E-state index in [1.807, 2.05) is 12.1 Å². The summed E-state index contributed by atoms with van der Waals surface area (Å²) in [4.78, 5) is 4.16. The molecule has 1 aromatic carbocycles. The monoisotopic (exact) mass is 296 g/mol. The largest absolute Gasteiger partial charge is 0.494 e. The van der Waals surface area contributed by atoms with Gasteiger partial charge in [0.05, 0.1) is 7.11 Å². The van der Waals surface area contributed by atoms with Crippen molar-refractivity contribution >= 4 is 27.4 Å². The molecule has 0 aliphatic rings. The van der Waals surface area contributed by atoms with Gasteiger partial charge in [0.1, 0.15) is 5.82 Å². The second-order valence-corrected chi connectivity index (χ2v) is 4.25. The van der Waals surface area contributed by atoms with Crippen molar-refractivity contribution in [2.75, 3.05) is 12.4 Å². The van der Waals surface area contributed by atoms with E-state index in [1.54, 1.807) is 18.3 Å². The molecule has 0 unspecified atom stereocenters. The van der Waals surface area contributed by atoms with Gasteiger partial charge in [-0.2, -0.15) is 0 Å². The molecule has 0 radical (unpaired) electrons. The third-order valence-corrected chi connectivity index (χ3v) is 2.62. The van der Waals surface area contributed by atoms with Crippen molar-refractivity contribution in [2.24, 2.45) is 0 Å². The van der Waals surface area contributed by atoms with Crippen LogP contribution >= 0.6 is 15.9 Å². The maximum Gasteiger partial charge on any atom is 0.165 e. The lowest BCUT2D eigenvalue weighted by Gasteiger charge is -2.08. The summed E-state index contributed by atoms with van der Waals surface area (Å²) >= 11 is 3.30. The van der Waals surface area contributed by atoms with Gasteiger partial charge < -0.3 is 10.1 Å². The number of halogens is 2. The van der Waals surface area contributed by atoms with Crippen LogP contribution in [0.1, 0.15) is 0 Å². The predicted molar refractivity (Wildman–Crippen MR) is 68.2 cm³/mol. The van der Waals surface area contributed by atoms with Crippen LogP contribution < -0.4 is 10.1 Å². The first kappa shape index (κ1) is 11.9. The highest BCUT2D eigenvalue weighted by atomic mass is 79.9.